The Labute approximate surface area is 74.8 Å². The molecule has 0 aromatic rings. The smallest absolute Gasteiger partial charge is 0.318 e. The second-order valence-corrected chi connectivity index (χ2v) is 3.68. The Bertz CT molecular complexity index is 130. The maximum absolute atomic E-state index is 10.8. The molecule has 0 saturated heterocycles. The lowest BCUT2D eigenvalue weighted by molar-refractivity contribution is -0.140. The quantitative estimate of drug-likeness (QED) is 0.333. The summed E-state index contributed by atoms with van der Waals surface area (Å²) >= 11 is 2.02. The summed E-state index contributed by atoms with van der Waals surface area (Å²) in [5.41, 5.74) is 0. The summed E-state index contributed by atoms with van der Waals surface area (Å²) in [6, 6.07) is 0. The van der Waals surface area contributed by atoms with Crippen molar-refractivity contribution in [3.8, 4) is 0 Å². The Kier molecular flexibility index (Phi) is 5.67. The minimum absolute atomic E-state index is 0.0529. The van der Waals surface area contributed by atoms with Crippen LogP contribution in [0.25, 0.3) is 0 Å². The topological polar surface area (TPSA) is 26.3 Å². The van der Waals surface area contributed by atoms with Crippen LogP contribution in [0.3, 0.4) is 0 Å². The zero-order chi connectivity index (χ0) is 7.98. The van der Waals surface area contributed by atoms with E-state index in [1.54, 1.807) is 13.0 Å². The van der Waals surface area contributed by atoms with Crippen LogP contribution in [-0.2, 0) is 9.53 Å². The van der Waals surface area contributed by atoms with Crippen molar-refractivity contribution in [2.45, 2.75) is 17.8 Å². The highest BCUT2D eigenvalue weighted by atomic mass is 127. The summed E-state index contributed by atoms with van der Waals surface area (Å²) in [6.45, 7) is 4.09. The van der Waals surface area contributed by atoms with Crippen molar-refractivity contribution >= 4 is 28.6 Å². The van der Waals surface area contributed by atoms with Crippen molar-refractivity contribution in [2.75, 3.05) is 6.61 Å². The van der Waals surface area contributed by atoms with Crippen molar-refractivity contribution in [1.82, 2.24) is 0 Å². The molecule has 0 radical (unpaired) electrons. The zero-order valence-corrected chi connectivity index (χ0v) is 8.29. The number of esters is 1. The first-order chi connectivity index (χ1) is 4.68. The van der Waals surface area contributed by atoms with Gasteiger partial charge in [0.05, 0.1) is 0 Å². The average Bonchev–Trinajstić information content (AvgIpc) is 1.88. The van der Waals surface area contributed by atoms with Crippen molar-refractivity contribution in [3.05, 3.63) is 12.2 Å². The number of alkyl halides is 1. The standard InChI is InChI=1S/C7H11IO2/c1-3-4-5-10-7(9)6(2)8/h3-4,6H,5H2,1-2H3. The first kappa shape index (κ1) is 9.94. The fraction of sp³-hybridized carbons (Fsp3) is 0.571. The molecular formula is C7H11IO2. The Hall–Kier alpha value is -0.0600. The van der Waals surface area contributed by atoms with E-state index in [0.717, 1.165) is 0 Å². The fourth-order valence-corrected chi connectivity index (χ4v) is 0.521. The second kappa shape index (κ2) is 5.70. The number of carbonyl (C=O) groups excluding carboxylic acids is 1. The summed E-state index contributed by atoms with van der Waals surface area (Å²) in [4.78, 5) is 10.8. The van der Waals surface area contributed by atoms with Gasteiger partial charge in [0.15, 0.2) is 0 Å². The Balaban J connectivity index is 3.40. The van der Waals surface area contributed by atoms with Crippen LogP contribution in [0.1, 0.15) is 13.8 Å². The molecule has 0 bridgehead atoms. The normalized spacial score (nSPS) is 13.5. The van der Waals surface area contributed by atoms with E-state index in [1.807, 2.05) is 35.6 Å². The highest BCUT2D eigenvalue weighted by molar-refractivity contribution is 14.1. The lowest BCUT2D eigenvalue weighted by atomic mass is 10.5. The third-order valence-corrected chi connectivity index (χ3v) is 1.39. The predicted octanol–water partition coefficient (Wildman–Crippen LogP) is 1.93. The number of ether oxygens (including phenoxy) is 1. The highest BCUT2D eigenvalue weighted by Gasteiger charge is 2.07. The molecule has 58 valence electrons. The molecule has 0 amide bonds. The van der Waals surface area contributed by atoms with Gasteiger partial charge in [-0.15, -0.1) is 0 Å². The Morgan fingerprint density at radius 1 is 1.80 bits per heavy atom. The van der Waals surface area contributed by atoms with Gasteiger partial charge in [-0.1, -0.05) is 34.7 Å². The van der Waals surface area contributed by atoms with Gasteiger partial charge in [0.25, 0.3) is 0 Å². The van der Waals surface area contributed by atoms with E-state index in [2.05, 4.69) is 0 Å². The minimum Gasteiger partial charge on any atom is -0.461 e. The molecule has 0 aliphatic carbocycles. The molecule has 0 spiro atoms. The van der Waals surface area contributed by atoms with E-state index < -0.39 is 0 Å². The molecule has 0 fully saturated rings. The summed E-state index contributed by atoms with van der Waals surface area (Å²) in [7, 11) is 0. The number of halogens is 1. The third kappa shape index (κ3) is 4.78. The highest BCUT2D eigenvalue weighted by Crippen LogP contribution is 2.00. The first-order valence-electron chi connectivity index (χ1n) is 3.10. The number of hydrogen-bond acceptors (Lipinski definition) is 2. The SMILES string of the molecule is CC=CCOC(=O)C(C)I. The molecule has 0 aliphatic heterocycles. The molecule has 0 aromatic carbocycles. The van der Waals surface area contributed by atoms with Crippen LogP contribution in [-0.4, -0.2) is 16.5 Å². The molecular weight excluding hydrogens is 243 g/mol. The van der Waals surface area contributed by atoms with Crippen LogP contribution in [0, 0.1) is 0 Å². The van der Waals surface area contributed by atoms with Gasteiger partial charge < -0.3 is 4.74 Å². The molecule has 0 rings (SSSR count). The van der Waals surface area contributed by atoms with Gasteiger partial charge in [-0.2, -0.15) is 0 Å². The van der Waals surface area contributed by atoms with Gasteiger partial charge in [-0.05, 0) is 13.8 Å². The van der Waals surface area contributed by atoms with E-state index >= 15 is 0 Å². The molecule has 10 heavy (non-hydrogen) atoms. The summed E-state index contributed by atoms with van der Waals surface area (Å²) in [5.74, 6) is -0.154. The lowest BCUT2D eigenvalue weighted by Gasteiger charge is -2.01. The monoisotopic (exact) mass is 254 g/mol. The maximum Gasteiger partial charge on any atom is 0.318 e. The largest absolute Gasteiger partial charge is 0.461 e. The van der Waals surface area contributed by atoms with Gasteiger partial charge in [-0.3, -0.25) is 4.79 Å². The third-order valence-electron chi connectivity index (χ3n) is 0.882. The molecule has 0 N–H and O–H groups in total. The maximum atomic E-state index is 10.8. The first-order valence-corrected chi connectivity index (χ1v) is 4.35. The second-order valence-electron chi connectivity index (χ2n) is 1.82. The van der Waals surface area contributed by atoms with Gasteiger partial charge in [-0.25, -0.2) is 0 Å². The zero-order valence-electron chi connectivity index (χ0n) is 6.13. The van der Waals surface area contributed by atoms with E-state index in [9.17, 15) is 4.79 Å². The van der Waals surface area contributed by atoms with Crippen LogP contribution in [0.2, 0.25) is 0 Å². The van der Waals surface area contributed by atoms with Crippen molar-refractivity contribution in [1.29, 1.82) is 0 Å². The van der Waals surface area contributed by atoms with Gasteiger partial charge in [0.1, 0.15) is 10.5 Å². The summed E-state index contributed by atoms with van der Waals surface area (Å²) in [5, 5.41) is 0. The van der Waals surface area contributed by atoms with Crippen molar-refractivity contribution in [3.63, 3.8) is 0 Å². The number of hydrogen-bond donors (Lipinski definition) is 0. The van der Waals surface area contributed by atoms with Crippen LogP contribution in [0.5, 0.6) is 0 Å². The van der Waals surface area contributed by atoms with Gasteiger partial charge in [0.2, 0.25) is 0 Å². The van der Waals surface area contributed by atoms with E-state index in [4.69, 9.17) is 4.74 Å². The van der Waals surface area contributed by atoms with E-state index in [1.165, 1.54) is 0 Å². The number of carbonyl (C=O) groups is 1. The minimum atomic E-state index is -0.154. The summed E-state index contributed by atoms with van der Waals surface area (Å²) < 4.78 is 4.76. The number of rotatable bonds is 3. The van der Waals surface area contributed by atoms with Crippen molar-refractivity contribution < 1.29 is 9.53 Å². The predicted molar refractivity (Wildman–Crippen MR) is 49.3 cm³/mol. The molecule has 1 atom stereocenters. The molecule has 0 saturated carbocycles. The Morgan fingerprint density at radius 3 is 2.80 bits per heavy atom. The fourth-order valence-electron chi connectivity index (χ4n) is 0.341. The molecule has 1 unspecified atom stereocenters. The lowest BCUT2D eigenvalue weighted by Crippen LogP contribution is -2.13. The van der Waals surface area contributed by atoms with Gasteiger partial charge >= 0.3 is 5.97 Å². The van der Waals surface area contributed by atoms with E-state index in [0.29, 0.717) is 6.61 Å². The van der Waals surface area contributed by atoms with E-state index in [-0.39, 0.29) is 9.89 Å². The summed E-state index contributed by atoms with van der Waals surface area (Å²) in [6.07, 6.45) is 3.65. The molecule has 2 nitrogen and oxygen atoms in total. The van der Waals surface area contributed by atoms with Crippen LogP contribution >= 0.6 is 22.6 Å². The van der Waals surface area contributed by atoms with Crippen LogP contribution in [0.4, 0.5) is 0 Å². The molecule has 3 heteroatoms. The Morgan fingerprint density at radius 2 is 2.40 bits per heavy atom. The molecule has 0 aromatic heterocycles. The van der Waals surface area contributed by atoms with Crippen molar-refractivity contribution in [2.24, 2.45) is 0 Å². The van der Waals surface area contributed by atoms with Crippen LogP contribution in [0.15, 0.2) is 12.2 Å². The van der Waals surface area contributed by atoms with Crippen LogP contribution < -0.4 is 0 Å². The average molecular weight is 254 g/mol. The number of allylic oxidation sites excluding steroid dienone is 1. The molecule has 0 heterocycles. The van der Waals surface area contributed by atoms with Gasteiger partial charge in [0, 0.05) is 0 Å². The molecule has 0 aliphatic rings.